The Kier molecular flexibility index (Phi) is 5.42. The van der Waals surface area contributed by atoms with Gasteiger partial charge in [0.15, 0.2) is 0 Å². The molecule has 0 atom stereocenters. The number of hydrogen-bond acceptors (Lipinski definition) is 5. The number of aliphatic hydroxyl groups excluding tert-OH is 1. The van der Waals surface area contributed by atoms with Crippen molar-refractivity contribution in [3.63, 3.8) is 0 Å². The third-order valence-corrected chi connectivity index (χ3v) is 4.54. The number of aliphatic hydroxyl groups is 1. The minimum atomic E-state index is -3.95. The fraction of sp³-hybridized carbons (Fsp3) is 0.188. The van der Waals surface area contributed by atoms with Crippen LogP contribution in [0.2, 0.25) is 0 Å². The van der Waals surface area contributed by atoms with Crippen LogP contribution in [0.15, 0.2) is 47.4 Å². The average molecular weight is 350 g/mol. The van der Waals surface area contributed by atoms with Crippen molar-refractivity contribution in [3.8, 4) is 5.75 Å². The third kappa shape index (κ3) is 4.24. The van der Waals surface area contributed by atoms with E-state index in [1.165, 1.54) is 32.2 Å². The van der Waals surface area contributed by atoms with Gasteiger partial charge >= 0.3 is 0 Å². The summed E-state index contributed by atoms with van der Waals surface area (Å²) in [4.78, 5) is 11.1. The van der Waals surface area contributed by atoms with Gasteiger partial charge in [0.25, 0.3) is 10.0 Å². The van der Waals surface area contributed by atoms with Crippen LogP contribution < -0.4 is 14.8 Å². The Morgan fingerprint density at radius 3 is 2.54 bits per heavy atom. The molecule has 24 heavy (non-hydrogen) atoms. The first-order chi connectivity index (χ1) is 11.4. The molecule has 2 rings (SSSR count). The van der Waals surface area contributed by atoms with Crippen LogP contribution in [0.1, 0.15) is 12.5 Å². The lowest BCUT2D eigenvalue weighted by Gasteiger charge is -2.13. The lowest BCUT2D eigenvalue weighted by atomic mass is 10.2. The van der Waals surface area contributed by atoms with E-state index < -0.39 is 10.0 Å². The topological polar surface area (TPSA) is 105 Å². The van der Waals surface area contributed by atoms with Crippen LogP contribution in [0.3, 0.4) is 0 Å². The zero-order valence-electron chi connectivity index (χ0n) is 13.2. The summed E-state index contributed by atoms with van der Waals surface area (Å²) in [6, 6.07) is 10.7. The summed E-state index contributed by atoms with van der Waals surface area (Å²) in [5, 5.41) is 11.7. The number of amides is 1. The monoisotopic (exact) mass is 350 g/mol. The number of methoxy groups -OCH3 is 1. The fourth-order valence-electron chi connectivity index (χ4n) is 2.11. The third-order valence-electron chi connectivity index (χ3n) is 3.14. The van der Waals surface area contributed by atoms with E-state index in [0.717, 1.165) is 0 Å². The van der Waals surface area contributed by atoms with Crippen LogP contribution in [-0.4, -0.2) is 26.5 Å². The first-order valence-electron chi connectivity index (χ1n) is 7.04. The molecule has 0 radical (unpaired) electrons. The summed E-state index contributed by atoms with van der Waals surface area (Å²) in [5.74, 6) is -0.165. The number of rotatable bonds is 6. The first-order valence-corrected chi connectivity index (χ1v) is 8.52. The van der Waals surface area contributed by atoms with Crippen LogP contribution >= 0.6 is 0 Å². The molecule has 0 saturated heterocycles. The SMILES string of the molecule is COc1ccc(NC(C)=O)cc1S(=O)(=O)Nc1cccc(CO)c1. The number of ether oxygens (including phenoxy) is 1. The Bertz CT molecular complexity index is 849. The summed E-state index contributed by atoms with van der Waals surface area (Å²) in [6.07, 6.45) is 0. The predicted molar refractivity (Wildman–Crippen MR) is 90.5 cm³/mol. The summed E-state index contributed by atoms with van der Waals surface area (Å²) in [7, 11) is -2.59. The zero-order chi connectivity index (χ0) is 17.7. The Morgan fingerprint density at radius 1 is 1.17 bits per heavy atom. The first kappa shape index (κ1) is 17.8. The Labute approximate surface area is 140 Å². The van der Waals surface area contributed by atoms with Gasteiger partial charge in [-0.1, -0.05) is 12.1 Å². The van der Waals surface area contributed by atoms with Gasteiger partial charge < -0.3 is 15.2 Å². The molecule has 0 aliphatic rings. The molecule has 0 fully saturated rings. The number of sulfonamides is 1. The van der Waals surface area contributed by atoms with Gasteiger partial charge in [0.05, 0.1) is 13.7 Å². The van der Waals surface area contributed by atoms with Gasteiger partial charge in [0.1, 0.15) is 10.6 Å². The quantitative estimate of drug-likeness (QED) is 0.738. The van der Waals surface area contributed by atoms with Crippen molar-refractivity contribution in [1.82, 2.24) is 0 Å². The van der Waals surface area contributed by atoms with Crippen molar-refractivity contribution in [1.29, 1.82) is 0 Å². The van der Waals surface area contributed by atoms with Gasteiger partial charge in [-0.05, 0) is 35.9 Å². The molecule has 0 unspecified atom stereocenters. The molecule has 0 aliphatic carbocycles. The van der Waals surface area contributed by atoms with Crippen molar-refractivity contribution in [3.05, 3.63) is 48.0 Å². The minimum absolute atomic E-state index is 0.106. The highest BCUT2D eigenvalue weighted by Gasteiger charge is 2.20. The van der Waals surface area contributed by atoms with E-state index in [2.05, 4.69) is 10.0 Å². The number of carbonyl (C=O) groups excluding carboxylic acids is 1. The van der Waals surface area contributed by atoms with E-state index in [4.69, 9.17) is 9.84 Å². The van der Waals surface area contributed by atoms with E-state index in [1.807, 2.05) is 0 Å². The highest BCUT2D eigenvalue weighted by Crippen LogP contribution is 2.29. The second-order valence-electron chi connectivity index (χ2n) is 5.01. The van der Waals surface area contributed by atoms with Gasteiger partial charge in [-0.2, -0.15) is 0 Å². The molecule has 2 aromatic carbocycles. The largest absolute Gasteiger partial charge is 0.495 e. The normalized spacial score (nSPS) is 11.0. The maximum absolute atomic E-state index is 12.7. The van der Waals surface area contributed by atoms with Crippen molar-refractivity contribution in [2.75, 3.05) is 17.1 Å². The average Bonchev–Trinajstić information content (AvgIpc) is 2.54. The Hall–Kier alpha value is -2.58. The molecule has 0 spiro atoms. The van der Waals surface area contributed by atoms with Crippen molar-refractivity contribution < 1.29 is 23.1 Å². The number of anilines is 2. The van der Waals surface area contributed by atoms with E-state index in [-0.39, 0.29) is 23.2 Å². The molecular formula is C16H18N2O5S. The molecule has 0 bridgehead atoms. The molecule has 0 aromatic heterocycles. The molecule has 1 amide bonds. The smallest absolute Gasteiger partial charge is 0.265 e. The number of benzene rings is 2. The van der Waals surface area contributed by atoms with Crippen LogP contribution in [0.5, 0.6) is 5.75 Å². The highest BCUT2D eigenvalue weighted by atomic mass is 32.2. The molecule has 3 N–H and O–H groups in total. The lowest BCUT2D eigenvalue weighted by Crippen LogP contribution is -2.15. The Balaban J connectivity index is 2.41. The molecule has 7 nitrogen and oxygen atoms in total. The predicted octanol–water partition coefficient (Wildman–Crippen LogP) is 1.95. The highest BCUT2D eigenvalue weighted by molar-refractivity contribution is 7.92. The van der Waals surface area contributed by atoms with E-state index in [0.29, 0.717) is 16.9 Å². The molecule has 2 aromatic rings. The van der Waals surface area contributed by atoms with Crippen molar-refractivity contribution in [2.45, 2.75) is 18.4 Å². The van der Waals surface area contributed by atoms with Crippen LogP contribution in [0, 0.1) is 0 Å². The maximum Gasteiger partial charge on any atom is 0.265 e. The second kappa shape index (κ2) is 7.33. The molecule has 8 heteroatoms. The van der Waals surface area contributed by atoms with Gasteiger partial charge in [-0.25, -0.2) is 8.42 Å². The van der Waals surface area contributed by atoms with Crippen LogP contribution in [-0.2, 0) is 21.4 Å². The van der Waals surface area contributed by atoms with E-state index in [9.17, 15) is 13.2 Å². The standard InChI is InChI=1S/C16H18N2O5S/c1-11(20)17-13-6-7-15(23-2)16(9-13)24(21,22)18-14-5-3-4-12(8-14)10-19/h3-9,18-19H,10H2,1-2H3,(H,17,20). The summed E-state index contributed by atoms with van der Waals surface area (Å²) < 4.78 is 32.8. The number of carbonyl (C=O) groups is 1. The molecule has 0 heterocycles. The zero-order valence-corrected chi connectivity index (χ0v) is 14.1. The van der Waals surface area contributed by atoms with E-state index >= 15 is 0 Å². The second-order valence-corrected chi connectivity index (χ2v) is 6.66. The van der Waals surface area contributed by atoms with Crippen molar-refractivity contribution in [2.24, 2.45) is 0 Å². The summed E-state index contributed by atoms with van der Waals surface area (Å²) in [5.41, 5.74) is 1.23. The lowest BCUT2D eigenvalue weighted by molar-refractivity contribution is -0.114. The Morgan fingerprint density at radius 2 is 1.92 bits per heavy atom. The van der Waals surface area contributed by atoms with Crippen LogP contribution in [0.4, 0.5) is 11.4 Å². The summed E-state index contributed by atoms with van der Waals surface area (Å²) >= 11 is 0. The minimum Gasteiger partial charge on any atom is -0.495 e. The number of nitrogens with one attached hydrogen (secondary N) is 2. The number of hydrogen-bond donors (Lipinski definition) is 3. The molecule has 128 valence electrons. The molecular weight excluding hydrogens is 332 g/mol. The van der Waals surface area contributed by atoms with Crippen LogP contribution in [0.25, 0.3) is 0 Å². The van der Waals surface area contributed by atoms with Gasteiger partial charge in [0, 0.05) is 18.3 Å². The fourth-order valence-corrected chi connectivity index (χ4v) is 3.36. The molecule has 0 aliphatic heterocycles. The summed E-state index contributed by atoms with van der Waals surface area (Å²) in [6.45, 7) is 1.13. The van der Waals surface area contributed by atoms with Gasteiger partial charge in [-0.15, -0.1) is 0 Å². The van der Waals surface area contributed by atoms with Gasteiger partial charge in [0.2, 0.25) is 5.91 Å². The van der Waals surface area contributed by atoms with Gasteiger partial charge in [-0.3, -0.25) is 9.52 Å². The van der Waals surface area contributed by atoms with Crippen molar-refractivity contribution >= 4 is 27.3 Å². The van der Waals surface area contributed by atoms with E-state index in [1.54, 1.807) is 24.3 Å². The maximum atomic E-state index is 12.7. The molecule has 0 saturated carbocycles.